The molecule has 0 saturated carbocycles. The average molecular weight is 283 g/mol. The lowest BCUT2D eigenvalue weighted by molar-refractivity contribution is 0.0993. The van der Waals surface area contributed by atoms with Crippen LogP contribution in [0, 0.1) is 13.8 Å². The number of amides is 1. The molecule has 2 aromatic rings. The molecule has 0 radical (unpaired) electrons. The van der Waals surface area contributed by atoms with Crippen molar-refractivity contribution >= 4 is 23.5 Å². The van der Waals surface area contributed by atoms with E-state index < -0.39 is 5.91 Å². The van der Waals surface area contributed by atoms with Crippen molar-refractivity contribution in [3.8, 4) is 5.88 Å². The lowest BCUT2D eigenvalue weighted by Crippen LogP contribution is -2.15. The van der Waals surface area contributed by atoms with Crippen molar-refractivity contribution in [2.45, 2.75) is 13.8 Å². The van der Waals surface area contributed by atoms with Crippen LogP contribution in [0.2, 0.25) is 5.15 Å². The van der Waals surface area contributed by atoms with E-state index in [2.05, 4.69) is 20.3 Å². The predicted octanol–water partition coefficient (Wildman–Crippen LogP) is 2.00. The summed E-state index contributed by atoms with van der Waals surface area (Å²) in [4.78, 5) is 23.8. The molecular weight excluding hydrogens is 272 g/mol. The Morgan fingerprint density at radius 3 is 2.68 bits per heavy atom. The molecule has 19 heavy (non-hydrogen) atoms. The lowest BCUT2D eigenvalue weighted by Gasteiger charge is -2.04. The standard InChI is InChI=1S/C11H11ClN4O3/c1-5-9(19-6(2)13-5)10(17)16-11-14-7(12)4-8(15-11)18-3/h4H,1-3H3,(H,14,15,16,17). The first kappa shape index (κ1) is 13.3. The van der Waals surface area contributed by atoms with Gasteiger partial charge in [0.05, 0.1) is 12.8 Å². The Bertz CT molecular complexity index is 626. The topological polar surface area (TPSA) is 90.1 Å². The minimum atomic E-state index is -0.498. The molecule has 0 bridgehead atoms. The fourth-order valence-corrected chi connectivity index (χ4v) is 1.63. The van der Waals surface area contributed by atoms with E-state index in [1.807, 2.05) is 0 Å². The Morgan fingerprint density at radius 1 is 1.37 bits per heavy atom. The zero-order chi connectivity index (χ0) is 14.0. The van der Waals surface area contributed by atoms with Gasteiger partial charge in [0.1, 0.15) is 5.15 Å². The maximum Gasteiger partial charge on any atom is 0.295 e. The van der Waals surface area contributed by atoms with Crippen LogP contribution >= 0.6 is 11.6 Å². The Labute approximate surface area is 114 Å². The van der Waals surface area contributed by atoms with Crippen molar-refractivity contribution in [2.75, 3.05) is 12.4 Å². The molecule has 0 spiro atoms. The summed E-state index contributed by atoms with van der Waals surface area (Å²) < 4.78 is 10.1. The van der Waals surface area contributed by atoms with Crippen molar-refractivity contribution in [1.82, 2.24) is 15.0 Å². The largest absolute Gasteiger partial charge is 0.481 e. The number of hydrogen-bond donors (Lipinski definition) is 1. The van der Waals surface area contributed by atoms with Crippen molar-refractivity contribution in [1.29, 1.82) is 0 Å². The van der Waals surface area contributed by atoms with Gasteiger partial charge in [-0.15, -0.1) is 0 Å². The number of nitrogens with one attached hydrogen (secondary N) is 1. The molecule has 2 aromatic heterocycles. The summed E-state index contributed by atoms with van der Waals surface area (Å²) in [5, 5.41) is 2.63. The number of carbonyl (C=O) groups is 1. The van der Waals surface area contributed by atoms with Crippen LogP contribution in [0.4, 0.5) is 5.95 Å². The van der Waals surface area contributed by atoms with Gasteiger partial charge in [0.15, 0.2) is 5.89 Å². The Kier molecular flexibility index (Phi) is 3.66. The van der Waals surface area contributed by atoms with Gasteiger partial charge in [0.25, 0.3) is 5.91 Å². The third kappa shape index (κ3) is 3.00. The Balaban J connectivity index is 2.23. The zero-order valence-corrected chi connectivity index (χ0v) is 11.3. The van der Waals surface area contributed by atoms with E-state index in [0.717, 1.165) is 0 Å². The fraction of sp³-hybridized carbons (Fsp3) is 0.273. The molecule has 1 amide bonds. The highest BCUT2D eigenvalue weighted by atomic mass is 35.5. The van der Waals surface area contributed by atoms with Gasteiger partial charge in [0.2, 0.25) is 17.6 Å². The van der Waals surface area contributed by atoms with Crippen LogP contribution < -0.4 is 10.1 Å². The summed E-state index contributed by atoms with van der Waals surface area (Å²) in [5.41, 5.74) is 0.490. The van der Waals surface area contributed by atoms with Gasteiger partial charge in [-0.25, -0.2) is 9.97 Å². The summed E-state index contributed by atoms with van der Waals surface area (Å²) >= 11 is 5.78. The number of methoxy groups -OCH3 is 1. The monoisotopic (exact) mass is 282 g/mol. The molecule has 0 atom stereocenters. The summed E-state index contributed by atoms with van der Waals surface area (Å²) in [6.07, 6.45) is 0. The molecule has 0 aromatic carbocycles. The minimum absolute atomic E-state index is 0.0304. The third-order valence-corrected chi connectivity index (χ3v) is 2.41. The average Bonchev–Trinajstić information content (AvgIpc) is 2.67. The van der Waals surface area contributed by atoms with E-state index in [4.69, 9.17) is 20.8 Å². The second-order valence-electron chi connectivity index (χ2n) is 3.66. The maximum absolute atomic E-state index is 12.0. The number of aryl methyl sites for hydroxylation is 2. The number of carbonyl (C=O) groups excluding carboxylic acids is 1. The van der Waals surface area contributed by atoms with Crippen LogP contribution in [0.15, 0.2) is 10.5 Å². The highest BCUT2D eigenvalue weighted by Gasteiger charge is 2.17. The van der Waals surface area contributed by atoms with Gasteiger partial charge in [-0.1, -0.05) is 11.6 Å². The summed E-state index contributed by atoms with van der Waals surface area (Å²) in [7, 11) is 1.44. The quantitative estimate of drug-likeness (QED) is 0.866. The van der Waals surface area contributed by atoms with E-state index in [-0.39, 0.29) is 22.7 Å². The van der Waals surface area contributed by atoms with E-state index in [0.29, 0.717) is 11.6 Å². The molecule has 0 saturated heterocycles. The Morgan fingerprint density at radius 2 is 2.11 bits per heavy atom. The lowest BCUT2D eigenvalue weighted by atomic mass is 10.3. The van der Waals surface area contributed by atoms with Crippen LogP contribution in [0.5, 0.6) is 5.88 Å². The van der Waals surface area contributed by atoms with Crippen molar-refractivity contribution < 1.29 is 13.9 Å². The Hall–Kier alpha value is -2.15. The maximum atomic E-state index is 12.0. The second-order valence-corrected chi connectivity index (χ2v) is 4.05. The van der Waals surface area contributed by atoms with E-state index in [9.17, 15) is 4.79 Å². The molecule has 0 aliphatic heterocycles. The van der Waals surface area contributed by atoms with Crippen LogP contribution in [-0.4, -0.2) is 28.0 Å². The summed E-state index contributed by atoms with van der Waals surface area (Å²) in [6.45, 7) is 3.33. The van der Waals surface area contributed by atoms with Gasteiger partial charge in [-0.2, -0.15) is 4.98 Å². The molecular formula is C11H11ClN4O3. The van der Waals surface area contributed by atoms with Crippen LogP contribution in [0.3, 0.4) is 0 Å². The zero-order valence-electron chi connectivity index (χ0n) is 10.5. The fourth-order valence-electron chi connectivity index (χ4n) is 1.46. The molecule has 0 aliphatic carbocycles. The van der Waals surface area contributed by atoms with Gasteiger partial charge in [-0.05, 0) is 6.92 Å². The molecule has 1 N–H and O–H groups in total. The normalized spacial score (nSPS) is 10.3. The molecule has 100 valence electrons. The van der Waals surface area contributed by atoms with Gasteiger partial charge >= 0.3 is 0 Å². The SMILES string of the molecule is COc1cc(Cl)nc(NC(=O)c2oc(C)nc2C)n1. The summed E-state index contributed by atoms with van der Waals surface area (Å²) in [6, 6.07) is 1.43. The predicted molar refractivity (Wildman–Crippen MR) is 67.5 cm³/mol. The smallest absolute Gasteiger partial charge is 0.295 e. The van der Waals surface area contributed by atoms with Gasteiger partial charge in [0, 0.05) is 13.0 Å². The van der Waals surface area contributed by atoms with E-state index in [1.54, 1.807) is 13.8 Å². The molecule has 2 rings (SSSR count). The van der Waals surface area contributed by atoms with Crippen LogP contribution in [0.1, 0.15) is 22.1 Å². The van der Waals surface area contributed by atoms with Crippen LogP contribution in [0.25, 0.3) is 0 Å². The van der Waals surface area contributed by atoms with E-state index >= 15 is 0 Å². The number of rotatable bonds is 3. The second kappa shape index (κ2) is 5.23. The molecule has 0 fully saturated rings. The molecule has 0 aliphatic rings. The van der Waals surface area contributed by atoms with E-state index in [1.165, 1.54) is 13.2 Å². The van der Waals surface area contributed by atoms with Gasteiger partial charge in [-0.3, -0.25) is 10.1 Å². The minimum Gasteiger partial charge on any atom is -0.481 e. The molecule has 2 heterocycles. The number of ether oxygens (including phenoxy) is 1. The first-order valence-corrected chi connectivity index (χ1v) is 5.71. The third-order valence-electron chi connectivity index (χ3n) is 2.22. The summed E-state index contributed by atoms with van der Waals surface area (Å²) in [5.74, 6) is 0.304. The van der Waals surface area contributed by atoms with Crippen molar-refractivity contribution in [3.05, 3.63) is 28.6 Å². The first-order chi connectivity index (χ1) is 8.99. The molecule has 8 heteroatoms. The highest BCUT2D eigenvalue weighted by Crippen LogP contribution is 2.17. The van der Waals surface area contributed by atoms with Gasteiger partial charge < -0.3 is 9.15 Å². The first-order valence-electron chi connectivity index (χ1n) is 5.33. The molecule has 0 unspecified atom stereocenters. The molecule has 7 nitrogen and oxygen atoms in total. The number of aromatic nitrogens is 3. The number of oxazole rings is 1. The number of halogens is 1. The highest BCUT2D eigenvalue weighted by molar-refractivity contribution is 6.29. The van der Waals surface area contributed by atoms with Crippen molar-refractivity contribution in [3.63, 3.8) is 0 Å². The number of hydrogen-bond acceptors (Lipinski definition) is 6. The van der Waals surface area contributed by atoms with Crippen LogP contribution in [-0.2, 0) is 0 Å². The van der Waals surface area contributed by atoms with Crippen molar-refractivity contribution in [2.24, 2.45) is 0 Å². The number of anilines is 1. The number of nitrogens with zero attached hydrogens (tertiary/aromatic N) is 3.